The molecule has 0 spiro atoms. The first-order valence-electron chi connectivity index (χ1n) is 8.33. The lowest BCUT2D eigenvalue weighted by Crippen LogP contribution is -2.37. The molecule has 0 aromatic heterocycles. The van der Waals surface area contributed by atoms with Gasteiger partial charge in [-0.3, -0.25) is 9.46 Å². The van der Waals surface area contributed by atoms with Crippen LogP contribution in [0.1, 0.15) is 41.5 Å². The molecule has 6 heteroatoms. The fourth-order valence-corrected chi connectivity index (χ4v) is 8.06. The fourth-order valence-electron chi connectivity index (χ4n) is 2.20. The first-order chi connectivity index (χ1) is 10.1. The van der Waals surface area contributed by atoms with Crippen molar-refractivity contribution in [1.82, 2.24) is 4.90 Å². The Hall–Kier alpha value is 0.460. The Balaban J connectivity index is 2.54. The molecule has 22 heavy (non-hydrogen) atoms. The first kappa shape index (κ1) is 20.5. The Kier molecular flexibility index (Phi) is 8.46. The molecule has 1 aliphatic heterocycles. The van der Waals surface area contributed by atoms with Gasteiger partial charge in [0.1, 0.15) is 0 Å². The van der Waals surface area contributed by atoms with Gasteiger partial charge in [0.25, 0.3) is 6.57 Å². The molecule has 0 bridgehead atoms. The first-order valence-corrected chi connectivity index (χ1v) is 11.7. The summed E-state index contributed by atoms with van der Waals surface area (Å²) >= 11 is 1.54. The number of hydrogen-bond acceptors (Lipinski definition) is 5. The summed E-state index contributed by atoms with van der Waals surface area (Å²) in [6.07, 6.45) is 0.661. The van der Waals surface area contributed by atoms with E-state index in [1.807, 2.05) is 6.92 Å². The smallest absolute Gasteiger partial charge is 0.258 e. The topological polar surface area (TPSA) is 38.8 Å². The highest BCUT2D eigenvalue weighted by atomic mass is 32.7. The minimum absolute atomic E-state index is 0.0121. The molecule has 0 aromatic rings. The predicted octanol–water partition coefficient (Wildman–Crippen LogP) is 4.35. The van der Waals surface area contributed by atoms with Gasteiger partial charge < -0.3 is 9.26 Å². The summed E-state index contributed by atoms with van der Waals surface area (Å²) < 4.78 is 24.7. The van der Waals surface area contributed by atoms with E-state index in [4.69, 9.17) is 9.26 Å². The second-order valence-corrected chi connectivity index (χ2v) is 12.5. The number of nitrogens with zero attached hydrogens (tertiary/aromatic N) is 1. The van der Waals surface area contributed by atoms with Crippen LogP contribution >= 0.6 is 18.0 Å². The van der Waals surface area contributed by atoms with Gasteiger partial charge in [-0.2, -0.15) is 0 Å². The molecule has 2 unspecified atom stereocenters. The van der Waals surface area contributed by atoms with E-state index >= 15 is 0 Å². The molecular formula is C16H34NO3PS. The van der Waals surface area contributed by atoms with E-state index in [0.29, 0.717) is 12.1 Å². The van der Waals surface area contributed by atoms with Crippen LogP contribution < -0.4 is 0 Å². The zero-order valence-electron chi connectivity index (χ0n) is 15.1. The number of ether oxygens (including phenoxy) is 1. The van der Waals surface area contributed by atoms with Crippen LogP contribution in [-0.2, 0) is 13.8 Å². The standard InChI is InChI=1S/C16H34NO3PS/c1-14(2)15(3)20-21(18,13-16(4,5)6)22-12-9-17-7-10-19-11-8-17/h14-15H,7-13H2,1-6H3. The lowest BCUT2D eigenvalue weighted by atomic mass is 10.0. The van der Waals surface area contributed by atoms with Crippen LogP contribution in [0, 0.1) is 11.3 Å². The Morgan fingerprint density at radius 3 is 2.32 bits per heavy atom. The van der Waals surface area contributed by atoms with Gasteiger partial charge in [-0.25, -0.2) is 0 Å². The van der Waals surface area contributed by atoms with Gasteiger partial charge in [0, 0.05) is 31.5 Å². The predicted molar refractivity (Wildman–Crippen MR) is 97.0 cm³/mol. The molecule has 0 radical (unpaired) electrons. The maximum Gasteiger partial charge on any atom is 0.258 e. The van der Waals surface area contributed by atoms with Gasteiger partial charge >= 0.3 is 0 Å². The molecule has 132 valence electrons. The van der Waals surface area contributed by atoms with Crippen LogP contribution in [0.4, 0.5) is 0 Å². The summed E-state index contributed by atoms with van der Waals surface area (Å²) in [5.41, 5.74) is 0.0121. The molecule has 1 fully saturated rings. The monoisotopic (exact) mass is 351 g/mol. The summed E-state index contributed by atoms with van der Waals surface area (Å²) in [4.78, 5) is 2.38. The molecule has 4 nitrogen and oxygen atoms in total. The molecule has 1 heterocycles. The second kappa shape index (κ2) is 9.08. The van der Waals surface area contributed by atoms with Crippen molar-refractivity contribution in [3.05, 3.63) is 0 Å². The maximum atomic E-state index is 13.3. The van der Waals surface area contributed by atoms with Crippen molar-refractivity contribution in [2.24, 2.45) is 11.3 Å². The summed E-state index contributed by atoms with van der Waals surface area (Å²) in [7, 11) is 0. The Morgan fingerprint density at radius 2 is 1.82 bits per heavy atom. The normalized spacial score (nSPS) is 21.8. The van der Waals surface area contributed by atoms with Gasteiger partial charge in [0.15, 0.2) is 0 Å². The molecule has 0 aromatic carbocycles. The van der Waals surface area contributed by atoms with Crippen LogP contribution in [0.15, 0.2) is 0 Å². The summed E-state index contributed by atoms with van der Waals surface area (Å²) in [5.74, 6) is 1.24. The van der Waals surface area contributed by atoms with Gasteiger partial charge in [-0.05, 0) is 18.3 Å². The minimum Gasteiger partial charge on any atom is -0.379 e. The molecular weight excluding hydrogens is 317 g/mol. The van der Waals surface area contributed by atoms with E-state index < -0.39 is 6.57 Å². The average molecular weight is 351 g/mol. The molecule has 1 saturated heterocycles. The van der Waals surface area contributed by atoms with Crippen LogP contribution in [0.5, 0.6) is 0 Å². The Labute approximate surface area is 140 Å². The number of hydrogen-bond donors (Lipinski definition) is 0. The van der Waals surface area contributed by atoms with Crippen molar-refractivity contribution in [3.63, 3.8) is 0 Å². The third-order valence-electron chi connectivity index (χ3n) is 3.73. The van der Waals surface area contributed by atoms with Gasteiger partial charge in [0.05, 0.1) is 19.3 Å². The van der Waals surface area contributed by atoms with E-state index in [1.54, 1.807) is 11.4 Å². The fraction of sp³-hybridized carbons (Fsp3) is 1.00. The summed E-state index contributed by atoms with van der Waals surface area (Å²) in [6, 6.07) is 0. The average Bonchev–Trinajstić information content (AvgIpc) is 2.37. The van der Waals surface area contributed by atoms with Crippen molar-refractivity contribution >= 4 is 18.0 Å². The Morgan fingerprint density at radius 1 is 1.23 bits per heavy atom. The van der Waals surface area contributed by atoms with Gasteiger partial charge in [-0.15, -0.1) is 0 Å². The van der Waals surface area contributed by atoms with Crippen molar-refractivity contribution in [1.29, 1.82) is 0 Å². The van der Waals surface area contributed by atoms with Gasteiger partial charge in [-0.1, -0.05) is 46.0 Å². The third kappa shape index (κ3) is 8.35. The van der Waals surface area contributed by atoms with Crippen molar-refractivity contribution in [2.45, 2.75) is 47.6 Å². The van der Waals surface area contributed by atoms with E-state index in [1.165, 1.54) is 0 Å². The van der Waals surface area contributed by atoms with Crippen LogP contribution in [-0.4, -0.2) is 55.8 Å². The molecule has 1 aliphatic rings. The quantitative estimate of drug-likeness (QED) is 0.608. The van der Waals surface area contributed by atoms with E-state index in [9.17, 15) is 4.57 Å². The van der Waals surface area contributed by atoms with E-state index in [2.05, 4.69) is 39.5 Å². The maximum absolute atomic E-state index is 13.3. The largest absolute Gasteiger partial charge is 0.379 e. The highest BCUT2D eigenvalue weighted by Gasteiger charge is 2.33. The SMILES string of the molecule is CC(C)C(C)OP(=O)(CC(C)(C)C)SCCN1CCOCC1. The molecule has 1 rings (SSSR count). The van der Waals surface area contributed by atoms with E-state index in [-0.39, 0.29) is 11.5 Å². The molecule has 0 saturated carbocycles. The summed E-state index contributed by atoms with van der Waals surface area (Å²) in [5, 5.41) is 0. The van der Waals surface area contributed by atoms with Crippen molar-refractivity contribution < 1.29 is 13.8 Å². The minimum atomic E-state index is -2.66. The molecule has 0 amide bonds. The highest BCUT2D eigenvalue weighted by Crippen LogP contribution is 2.63. The molecule has 2 atom stereocenters. The third-order valence-corrected chi connectivity index (χ3v) is 8.85. The number of morpholine rings is 1. The van der Waals surface area contributed by atoms with Crippen molar-refractivity contribution in [2.75, 3.05) is 44.8 Å². The Bertz CT molecular complexity index is 365. The number of rotatable bonds is 8. The lowest BCUT2D eigenvalue weighted by molar-refractivity contribution is 0.0410. The zero-order chi connectivity index (χ0) is 16.8. The van der Waals surface area contributed by atoms with Crippen molar-refractivity contribution in [3.8, 4) is 0 Å². The molecule has 0 aliphatic carbocycles. The van der Waals surface area contributed by atoms with Crippen LogP contribution in [0.25, 0.3) is 0 Å². The second-order valence-electron chi connectivity index (χ2n) is 7.67. The van der Waals surface area contributed by atoms with Crippen LogP contribution in [0.3, 0.4) is 0 Å². The highest BCUT2D eigenvalue weighted by molar-refractivity contribution is 8.56. The zero-order valence-corrected chi connectivity index (χ0v) is 16.8. The molecule has 0 N–H and O–H groups in total. The van der Waals surface area contributed by atoms with E-state index in [0.717, 1.165) is 38.6 Å². The van der Waals surface area contributed by atoms with Crippen LogP contribution in [0.2, 0.25) is 0 Å². The van der Waals surface area contributed by atoms with Gasteiger partial charge in [0.2, 0.25) is 0 Å². The summed E-state index contributed by atoms with van der Waals surface area (Å²) in [6.45, 7) is 14.5. The lowest BCUT2D eigenvalue weighted by Gasteiger charge is -2.31.